The van der Waals surface area contributed by atoms with E-state index in [1.54, 1.807) is 6.07 Å². The van der Waals surface area contributed by atoms with Gasteiger partial charge in [-0.3, -0.25) is 4.79 Å². The molecule has 0 unspecified atom stereocenters. The molecule has 1 aromatic rings. The molecular weight excluding hydrogens is 242 g/mol. The highest BCUT2D eigenvalue weighted by molar-refractivity contribution is 5.85. The number of nitrogens with two attached hydrogens (primary N) is 1. The summed E-state index contributed by atoms with van der Waals surface area (Å²) in [6, 6.07) is 5.51. The SMILES string of the molecule is COC(=O)[C@@H]1CCN(c2cccc(N)n2)C1.Cl. The van der Waals surface area contributed by atoms with Gasteiger partial charge in [-0.25, -0.2) is 4.98 Å². The van der Waals surface area contributed by atoms with E-state index in [-0.39, 0.29) is 24.3 Å². The number of nitrogens with zero attached hydrogens (tertiary/aromatic N) is 2. The van der Waals surface area contributed by atoms with Gasteiger partial charge in [0.05, 0.1) is 13.0 Å². The number of halogens is 1. The van der Waals surface area contributed by atoms with Gasteiger partial charge in [-0.15, -0.1) is 12.4 Å². The van der Waals surface area contributed by atoms with Crippen molar-refractivity contribution in [2.24, 2.45) is 5.92 Å². The van der Waals surface area contributed by atoms with Gasteiger partial charge in [-0.2, -0.15) is 0 Å². The molecule has 0 bridgehead atoms. The van der Waals surface area contributed by atoms with Crippen molar-refractivity contribution in [2.75, 3.05) is 30.8 Å². The second-order valence-electron chi connectivity index (χ2n) is 3.88. The van der Waals surface area contributed by atoms with Crippen LogP contribution in [0.4, 0.5) is 11.6 Å². The van der Waals surface area contributed by atoms with Gasteiger partial charge in [0.2, 0.25) is 0 Å². The molecule has 0 spiro atoms. The number of carbonyl (C=O) groups excluding carboxylic acids is 1. The van der Waals surface area contributed by atoms with Gasteiger partial charge >= 0.3 is 5.97 Å². The van der Waals surface area contributed by atoms with Gasteiger partial charge in [0.25, 0.3) is 0 Å². The summed E-state index contributed by atoms with van der Waals surface area (Å²) in [5.41, 5.74) is 5.62. The van der Waals surface area contributed by atoms with Crippen LogP contribution in [-0.4, -0.2) is 31.2 Å². The zero-order valence-electron chi connectivity index (χ0n) is 9.63. The number of pyridine rings is 1. The fraction of sp³-hybridized carbons (Fsp3) is 0.455. The topological polar surface area (TPSA) is 68.5 Å². The zero-order chi connectivity index (χ0) is 11.5. The Morgan fingerprint density at radius 3 is 3.00 bits per heavy atom. The van der Waals surface area contributed by atoms with E-state index in [0.29, 0.717) is 12.4 Å². The van der Waals surface area contributed by atoms with Crippen LogP contribution in [0.3, 0.4) is 0 Å². The Labute approximate surface area is 106 Å². The van der Waals surface area contributed by atoms with Crippen LogP contribution >= 0.6 is 12.4 Å². The number of hydrogen-bond donors (Lipinski definition) is 1. The molecule has 0 amide bonds. The molecule has 0 saturated carbocycles. The van der Waals surface area contributed by atoms with Crippen molar-refractivity contribution in [3.05, 3.63) is 18.2 Å². The largest absolute Gasteiger partial charge is 0.469 e. The third-order valence-electron chi connectivity index (χ3n) is 2.80. The Morgan fingerprint density at radius 2 is 2.35 bits per heavy atom. The number of ether oxygens (including phenoxy) is 1. The molecule has 0 aromatic carbocycles. The maximum Gasteiger partial charge on any atom is 0.310 e. The summed E-state index contributed by atoms with van der Waals surface area (Å²) in [5.74, 6) is 1.13. The molecule has 6 heteroatoms. The van der Waals surface area contributed by atoms with Crippen LogP contribution in [0.25, 0.3) is 0 Å². The predicted octanol–water partition coefficient (Wildman–Crippen LogP) is 1.08. The van der Waals surface area contributed by atoms with Crippen molar-refractivity contribution in [1.29, 1.82) is 0 Å². The normalized spacial score (nSPS) is 18.6. The molecule has 0 radical (unpaired) electrons. The summed E-state index contributed by atoms with van der Waals surface area (Å²) in [4.78, 5) is 17.6. The van der Waals surface area contributed by atoms with E-state index in [9.17, 15) is 4.79 Å². The molecule has 94 valence electrons. The highest BCUT2D eigenvalue weighted by atomic mass is 35.5. The van der Waals surface area contributed by atoms with Crippen molar-refractivity contribution in [3.8, 4) is 0 Å². The fourth-order valence-electron chi connectivity index (χ4n) is 1.94. The summed E-state index contributed by atoms with van der Waals surface area (Å²) < 4.78 is 4.73. The minimum atomic E-state index is -0.147. The van der Waals surface area contributed by atoms with Crippen LogP contribution in [0.5, 0.6) is 0 Å². The van der Waals surface area contributed by atoms with Crippen LogP contribution in [-0.2, 0) is 9.53 Å². The summed E-state index contributed by atoms with van der Waals surface area (Å²) in [6.07, 6.45) is 0.809. The smallest absolute Gasteiger partial charge is 0.310 e. The maximum absolute atomic E-state index is 11.4. The molecule has 0 aliphatic carbocycles. The third kappa shape index (κ3) is 3.00. The first-order chi connectivity index (χ1) is 7.70. The molecule has 17 heavy (non-hydrogen) atoms. The lowest BCUT2D eigenvalue weighted by molar-refractivity contribution is -0.144. The first kappa shape index (κ1) is 13.6. The van der Waals surface area contributed by atoms with Crippen molar-refractivity contribution in [2.45, 2.75) is 6.42 Å². The minimum absolute atomic E-state index is 0. The van der Waals surface area contributed by atoms with E-state index < -0.39 is 0 Å². The lowest BCUT2D eigenvalue weighted by Gasteiger charge is -2.17. The van der Waals surface area contributed by atoms with E-state index in [4.69, 9.17) is 10.5 Å². The fourth-order valence-corrected chi connectivity index (χ4v) is 1.94. The molecule has 5 nitrogen and oxygen atoms in total. The predicted molar refractivity (Wildman–Crippen MR) is 68.2 cm³/mol. The monoisotopic (exact) mass is 257 g/mol. The Hall–Kier alpha value is -1.49. The van der Waals surface area contributed by atoms with Crippen LogP contribution < -0.4 is 10.6 Å². The van der Waals surface area contributed by atoms with Crippen molar-refractivity contribution in [3.63, 3.8) is 0 Å². The molecule has 2 heterocycles. The second-order valence-corrected chi connectivity index (χ2v) is 3.88. The molecule has 1 aliphatic rings. The summed E-state index contributed by atoms with van der Waals surface area (Å²) in [5, 5.41) is 0. The number of carbonyl (C=O) groups is 1. The van der Waals surface area contributed by atoms with Gasteiger partial charge in [-0.05, 0) is 18.6 Å². The molecule has 2 N–H and O–H groups in total. The van der Waals surface area contributed by atoms with Gasteiger partial charge in [0, 0.05) is 13.1 Å². The number of aromatic nitrogens is 1. The number of nitrogen functional groups attached to an aromatic ring is 1. The molecular formula is C11H16ClN3O2. The van der Waals surface area contributed by atoms with Crippen molar-refractivity contribution < 1.29 is 9.53 Å². The zero-order valence-corrected chi connectivity index (χ0v) is 10.4. The number of esters is 1. The van der Waals surface area contributed by atoms with E-state index in [2.05, 4.69) is 9.88 Å². The highest BCUT2D eigenvalue weighted by Gasteiger charge is 2.29. The molecule has 1 fully saturated rings. The Balaban J connectivity index is 0.00000144. The number of rotatable bonds is 2. The number of anilines is 2. The maximum atomic E-state index is 11.4. The standard InChI is InChI=1S/C11H15N3O2.ClH/c1-16-11(15)8-5-6-14(7-8)10-4-2-3-9(12)13-10;/h2-4,8H,5-7H2,1H3,(H2,12,13);1H/t8-;/m1./s1. The molecule has 1 aliphatic heterocycles. The van der Waals surface area contributed by atoms with Gasteiger partial charge in [0.1, 0.15) is 11.6 Å². The van der Waals surface area contributed by atoms with Crippen molar-refractivity contribution >= 4 is 30.0 Å². The van der Waals surface area contributed by atoms with Crippen molar-refractivity contribution in [1.82, 2.24) is 4.98 Å². The Morgan fingerprint density at radius 1 is 1.59 bits per heavy atom. The van der Waals surface area contributed by atoms with Gasteiger partial charge in [-0.1, -0.05) is 6.07 Å². The minimum Gasteiger partial charge on any atom is -0.469 e. The average molecular weight is 258 g/mol. The lowest BCUT2D eigenvalue weighted by Crippen LogP contribution is -2.24. The lowest BCUT2D eigenvalue weighted by atomic mass is 10.1. The number of methoxy groups -OCH3 is 1. The van der Waals surface area contributed by atoms with E-state index >= 15 is 0 Å². The summed E-state index contributed by atoms with van der Waals surface area (Å²) >= 11 is 0. The van der Waals surface area contributed by atoms with Crippen LogP contribution in [0.2, 0.25) is 0 Å². The Bertz CT molecular complexity index is 400. The average Bonchev–Trinajstić information content (AvgIpc) is 2.77. The third-order valence-corrected chi connectivity index (χ3v) is 2.80. The van der Waals surface area contributed by atoms with Crippen LogP contribution in [0, 0.1) is 5.92 Å². The second kappa shape index (κ2) is 5.72. The summed E-state index contributed by atoms with van der Waals surface area (Å²) in [6.45, 7) is 1.47. The quantitative estimate of drug-likeness (QED) is 0.803. The first-order valence-corrected chi connectivity index (χ1v) is 5.26. The molecule has 1 saturated heterocycles. The van der Waals surface area contributed by atoms with Gasteiger partial charge in [0.15, 0.2) is 0 Å². The summed E-state index contributed by atoms with van der Waals surface area (Å²) in [7, 11) is 1.42. The van der Waals surface area contributed by atoms with Crippen LogP contribution in [0.1, 0.15) is 6.42 Å². The van der Waals surface area contributed by atoms with E-state index in [0.717, 1.165) is 18.8 Å². The Kier molecular flexibility index (Phi) is 4.57. The van der Waals surface area contributed by atoms with E-state index in [1.165, 1.54) is 7.11 Å². The molecule has 2 rings (SSSR count). The molecule has 1 atom stereocenters. The van der Waals surface area contributed by atoms with Crippen LogP contribution in [0.15, 0.2) is 18.2 Å². The van der Waals surface area contributed by atoms with Gasteiger partial charge < -0.3 is 15.4 Å². The van der Waals surface area contributed by atoms with E-state index in [1.807, 2.05) is 12.1 Å². The highest BCUT2D eigenvalue weighted by Crippen LogP contribution is 2.23. The first-order valence-electron chi connectivity index (χ1n) is 5.26. The molecule has 1 aromatic heterocycles. The number of hydrogen-bond acceptors (Lipinski definition) is 5.